The van der Waals surface area contributed by atoms with Crippen LogP contribution in [0, 0.1) is 0 Å². The second-order valence-electron chi connectivity index (χ2n) is 6.33. The van der Waals surface area contributed by atoms with Gasteiger partial charge in [-0.1, -0.05) is 0 Å². The van der Waals surface area contributed by atoms with E-state index in [4.69, 9.17) is 5.73 Å². The maximum absolute atomic E-state index is 11.9. The summed E-state index contributed by atoms with van der Waals surface area (Å²) in [6, 6.07) is 5.46. The van der Waals surface area contributed by atoms with Gasteiger partial charge in [0.15, 0.2) is 0 Å². The highest BCUT2D eigenvalue weighted by Crippen LogP contribution is 2.36. The molecule has 1 aromatic carbocycles. The third kappa shape index (κ3) is 3.13. The minimum Gasteiger partial charge on any atom is -0.397 e. The summed E-state index contributed by atoms with van der Waals surface area (Å²) in [5, 5.41) is 3.44. The van der Waals surface area contributed by atoms with Gasteiger partial charge in [-0.25, -0.2) is 0 Å². The molecule has 1 fully saturated rings. The van der Waals surface area contributed by atoms with Crippen molar-refractivity contribution in [2.45, 2.75) is 24.8 Å². The molecule has 0 radical (unpaired) electrons. The fourth-order valence-corrected chi connectivity index (χ4v) is 2.74. The Labute approximate surface area is 127 Å². The van der Waals surface area contributed by atoms with Gasteiger partial charge < -0.3 is 20.9 Å². The average molecular weight is 290 g/mol. The number of carbonyl (C=O) groups is 1. The number of nitrogen functional groups attached to an aromatic ring is 1. The molecule has 0 aliphatic heterocycles. The SMILES string of the molecule is CN(C)C(=O)c1ccc(NCC2(N(C)C)CCC2)c(N)c1. The standard InChI is InChI=1S/C16H26N4O/c1-19(2)15(21)12-6-7-14(13(17)10-12)18-11-16(20(3)4)8-5-9-16/h6-7,10,18H,5,8-9,11,17H2,1-4H3. The molecule has 0 atom stereocenters. The summed E-state index contributed by atoms with van der Waals surface area (Å²) in [5.41, 5.74) is 8.46. The maximum atomic E-state index is 11.9. The predicted octanol–water partition coefficient (Wildman–Crippen LogP) is 1.87. The van der Waals surface area contributed by atoms with Crippen LogP contribution in [0.15, 0.2) is 18.2 Å². The van der Waals surface area contributed by atoms with Gasteiger partial charge >= 0.3 is 0 Å². The molecular weight excluding hydrogens is 264 g/mol. The van der Waals surface area contributed by atoms with E-state index in [2.05, 4.69) is 24.3 Å². The van der Waals surface area contributed by atoms with Gasteiger partial charge in [0, 0.05) is 31.7 Å². The molecule has 0 unspecified atom stereocenters. The van der Waals surface area contributed by atoms with Crippen molar-refractivity contribution >= 4 is 17.3 Å². The number of likely N-dealkylation sites (N-methyl/N-ethyl adjacent to an activating group) is 1. The average Bonchev–Trinajstić information content (AvgIpc) is 2.37. The number of carbonyl (C=O) groups excluding carboxylic acids is 1. The number of rotatable bonds is 5. The van der Waals surface area contributed by atoms with E-state index in [0.29, 0.717) is 11.3 Å². The predicted molar refractivity (Wildman–Crippen MR) is 87.6 cm³/mol. The minimum absolute atomic E-state index is 0.0306. The molecule has 2 rings (SSSR count). The van der Waals surface area contributed by atoms with Crippen molar-refractivity contribution in [1.29, 1.82) is 0 Å². The number of hydrogen-bond acceptors (Lipinski definition) is 4. The summed E-state index contributed by atoms with van der Waals surface area (Å²) in [4.78, 5) is 15.8. The van der Waals surface area contributed by atoms with E-state index in [-0.39, 0.29) is 11.4 Å². The Balaban J connectivity index is 2.06. The Morgan fingerprint density at radius 3 is 2.38 bits per heavy atom. The highest BCUT2D eigenvalue weighted by atomic mass is 16.2. The van der Waals surface area contributed by atoms with Gasteiger partial charge in [0.05, 0.1) is 11.4 Å². The number of anilines is 2. The highest BCUT2D eigenvalue weighted by molar-refractivity contribution is 5.95. The van der Waals surface area contributed by atoms with Gasteiger partial charge in [-0.15, -0.1) is 0 Å². The van der Waals surface area contributed by atoms with Crippen molar-refractivity contribution in [3.05, 3.63) is 23.8 Å². The zero-order valence-electron chi connectivity index (χ0n) is 13.4. The number of nitrogens with zero attached hydrogens (tertiary/aromatic N) is 2. The Hall–Kier alpha value is -1.75. The molecule has 5 nitrogen and oxygen atoms in total. The van der Waals surface area contributed by atoms with Crippen molar-refractivity contribution in [1.82, 2.24) is 9.80 Å². The van der Waals surface area contributed by atoms with E-state index in [1.54, 1.807) is 25.1 Å². The van der Waals surface area contributed by atoms with Crippen molar-refractivity contribution in [2.24, 2.45) is 0 Å². The summed E-state index contributed by atoms with van der Waals surface area (Å²) < 4.78 is 0. The Bertz CT molecular complexity index is 521. The molecule has 0 heterocycles. The summed E-state index contributed by atoms with van der Waals surface area (Å²) in [6.07, 6.45) is 3.71. The monoisotopic (exact) mass is 290 g/mol. The molecule has 0 bridgehead atoms. The third-order valence-electron chi connectivity index (χ3n) is 4.55. The second-order valence-corrected chi connectivity index (χ2v) is 6.33. The zero-order chi connectivity index (χ0) is 15.6. The van der Waals surface area contributed by atoms with E-state index in [9.17, 15) is 4.79 Å². The summed E-state index contributed by atoms with van der Waals surface area (Å²) >= 11 is 0. The Kier molecular flexibility index (Phi) is 4.42. The molecule has 0 saturated heterocycles. The largest absolute Gasteiger partial charge is 0.397 e. The van der Waals surface area contributed by atoms with Crippen LogP contribution in [0.1, 0.15) is 29.6 Å². The normalized spacial score (nSPS) is 16.4. The Morgan fingerprint density at radius 2 is 1.95 bits per heavy atom. The van der Waals surface area contributed by atoms with Gasteiger partial charge in [0.2, 0.25) is 0 Å². The number of hydrogen-bond donors (Lipinski definition) is 2. The second kappa shape index (κ2) is 5.93. The fraction of sp³-hybridized carbons (Fsp3) is 0.562. The number of benzene rings is 1. The van der Waals surface area contributed by atoms with Crippen LogP contribution < -0.4 is 11.1 Å². The van der Waals surface area contributed by atoms with Crippen LogP contribution in [0.5, 0.6) is 0 Å². The smallest absolute Gasteiger partial charge is 0.253 e. The number of nitrogens with two attached hydrogens (primary N) is 1. The molecule has 1 aliphatic carbocycles. The van der Waals surface area contributed by atoms with E-state index < -0.39 is 0 Å². The first kappa shape index (κ1) is 15.6. The van der Waals surface area contributed by atoms with Gasteiger partial charge in [0.25, 0.3) is 5.91 Å². The van der Waals surface area contributed by atoms with Crippen molar-refractivity contribution < 1.29 is 4.79 Å². The summed E-state index contributed by atoms with van der Waals surface area (Å²) in [6.45, 7) is 0.880. The molecule has 1 saturated carbocycles. The first-order valence-corrected chi connectivity index (χ1v) is 7.38. The fourth-order valence-electron chi connectivity index (χ4n) is 2.74. The highest BCUT2D eigenvalue weighted by Gasteiger charge is 2.38. The van der Waals surface area contributed by atoms with Crippen molar-refractivity contribution in [3.63, 3.8) is 0 Å². The molecule has 0 aromatic heterocycles. The van der Waals surface area contributed by atoms with Gasteiger partial charge in [0.1, 0.15) is 0 Å². The summed E-state index contributed by atoms with van der Waals surface area (Å²) in [7, 11) is 7.73. The van der Waals surface area contributed by atoms with Gasteiger partial charge in [-0.2, -0.15) is 0 Å². The van der Waals surface area contributed by atoms with Gasteiger partial charge in [-0.3, -0.25) is 4.79 Å². The molecule has 1 aliphatic rings. The van der Waals surface area contributed by atoms with E-state index in [0.717, 1.165) is 12.2 Å². The molecule has 3 N–H and O–H groups in total. The van der Waals surface area contributed by atoms with Crippen LogP contribution >= 0.6 is 0 Å². The van der Waals surface area contributed by atoms with Crippen LogP contribution in [-0.4, -0.2) is 56.0 Å². The zero-order valence-corrected chi connectivity index (χ0v) is 13.4. The number of amides is 1. The summed E-state index contributed by atoms with van der Waals surface area (Å²) in [5.74, 6) is -0.0306. The van der Waals surface area contributed by atoms with E-state index in [1.807, 2.05) is 12.1 Å². The molecule has 1 aromatic rings. The molecule has 0 spiro atoms. The Morgan fingerprint density at radius 1 is 1.29 bits per heavy atom. The third-order valence-corrected chi connectivity index (χ3v) is 4.55. The molecule has 21 heavy (non-hydrogen) atoms. The lowest BCUT2D eigenvalue weighted by Gasteiger charge is -2.47. The topological polar surface area (TPSA) is 61.6 Å². The molecule has 5 heteroatoms. The molecular formula is C16H26N4O. The van der Waals surface area contributed by atoms with Crippen LogP contribution in [-0.2, 0) is 0 Å². The van der Waals surface area contributed by atoms with Crippen LogP contribution in [0.4, 0.5) is 11.4 Å². The maximum Gasteiger partial charge on any atom is 0.253 e. The first-order chi connectivity index (χ1) is 9.85. The quantitative estimate of drug-likeness (QED) is 0.813. The van der Waals surface area contributed by atoms with E-state index >= 15 is 0 Å². The van der Waals surface area contributed by atoms with Gasteiger partial charge in [-0.05, 0) is 51.6 Å². The minimum atomic E-state index is -0.0306. The van der Waals surface area contributed by atoms with Crippen molar-refractivity contribution in [3.8, 4) is 0 Å². The van der Waals surface area contributed by atoms with E-state index in [1.165, 1.54) is 19.3 Å². The lowest BCUT2D eigenvalue weighted by Crippen LogP contribution is -2.54. The lowest BCUT2D eigenvalue weighted by atomic mass is 9.75. The lowest BCUT2D eigenvalue weighted by molar-refractivity contribution is 0.0739. The van der Waals surface area contributed by atoms with Crippen LogP contribution in [0.3, 0.4) is 0 Å². The number of nitrogens with one attached hydrogen (secondary N) is 1. The molecule has 116 valence electrons. The van der Waals surface area contributed by atoms with Crippen molar-refractivity contribution in [2.75, 3.05) is 45.8 Å². The molecule has 1 amide bonds. The first-order valence-electron chi connectivity index (χ1n) is 7.38. The van der Waals surface area contributed by atoms with Crippen LogP contribution in [0.2, 0.25) is 0 Å². The van der Waals surface area contributed by atoms with Crippen LogP contribution in [0.25, 0.3) is 0 Å².